The van der Waals surface area contributed by atoms with Gasteiger partial charge in [-0.05, 0) is 18.1 Å². The van der Waals surface area contributed by atoms with Crippen molar-refractivity contribution in [1.82, 2.24) is 20.4 Å². The first-order valence-electron chi connectivity index (χ1n) is 6.21. The van der Waals surface area contributed by atoms with E-state index < -0.39 is 0 Å². The summed E-state index contributed by atoms with van der Waals surface area (Å²) in [6.07, 6.45) is 2.65. The maximum absolute atomic E-state index is 5.21. The van der Waals surface area contributed by atoms with Gasteiger partial charge in [-0.15, -0.1) is 0 Å². The molecule has 0 aliphatic rings. The average molecular weight is 246 g/mol. The fourth-order valence-electron chi connectivity index (χ4n) is 1.64. The number of hydrogen-bond acceptors (Lipinski definition) is 5. The van der Waals surface area contributed by atoms with Crippen LogP contribution < -0.4 is 5.32 Å². The van der Waals surface area contributed by atoms with Crippen molar-refractivity contribution in [3.63, 3.8) is 0 Å². The first kappa shape index (κ1) is 12.7. The van der Waals surface area contributed by atoms with Crippen LogP contribution in [0, 0.1) is 0 Å². The highest BCUT2D eigenvalue weighted by atomic mass is 16.5. The Balaban J connectivity index is 2.18. The quantitative estimate of drug-likeness (QED) is 0.876. The monoisotopic (exact) mass is 246 g/mol. The predicted octanol–water partition coefficient (Wildman–Crippen LogP) is 2.19. The number of rotatable bonds is 5. The van der Waals surface area contributed by atoms with E-state index in [2.05, 4.69) is 41.2 Å². The normalized spacial score (nSPS) is 11.1. The molecular formula is C13H18N4O. The highest BCUT2D eigenvalue weighted by Gasteiger charge is 2.12. The largest absolute Gasteiger partial charge is 0.337 e. The lowest BCUT2D eigenvalue weighted by molar-refractivity contribution is 0.362. The van der Waals surface area contributed by atoms with E-state index in [1.165, 1.54) is 0 Å². The van der Waals surface area contributed by atoms with Crippen molar-refractivity contribution in [2.24, 2.45) is 0 Å². The highest BCUT2D eigenvalue weighted by Crippen LogP contribution is 2.18. The van der Waals surface area contributed by atoms with Crippen LogP contribution in [0.5, 0.6) is 0 Å². The summed E-state index contributed by atoms with van der Waals surface area (Å²) in [4.78, 5) is 8.68. The number of aromatic nitrogens is 3. The predicted molar refractivity (Wildman–Crippen MR) is 68.9 cm³/mol. The van der Waals surface area contributed by atoms with E-state index in [1.54, 1.807) is 6.20 Å². The van der Waals surface area contributed by atoms with Crippen molar-refractivity contribution >= 4 is 0 Å². The van der Waals surface area contributed by atoms with Gasteiger partial charge in [0.1, 0.15) is 5.69 Å². The van der Waals surface area contributed by atoms with Crippen LogP contribution in [0.3, 0.4) is 0 Å². The third-order valence-corrected chi connectivity index (χ3v) is 2.61. The smallest absolute Gasteiger partial charge is 0.240 e. The SMILES string of the molecule is CCc1cccnc1-c1noc(CNC(C)C)n1. The van der Waals surface area contributed by atoms with E-state index in [9.17, 15) is 0 Å². The lowest BCUT2D eigenvalue weighted by Gasteiger charge is -2.03. The Morgan fingerprint density at radius 3 is 2.94 bits per heavy atom. The number of nitrogens with one attached hydrogen (secondary N) is 1. The van der Waals surface area contributed by atoms with Crippen molar-refractivity contribution < 1.29 is 4.52 Å². The summed E-state index contributed by atoms with van der Waals surface area (Å²) in [5, 5.41) is 7.22. The third kappa shape index (κ3) is 2.92. The van der Waals surface area contributed by atoms with Crippen molar-refractivity contribution in [3.8, 4) is 11.5 Å². The fourth-order valence-corrected chi connectivity index (χ4v) is 1.64. The molecule has 0 spiro atoms. The van der Waals surface area contributed by atoms with Crippen LogP contribution in [-0.2, 0) is 13.0 Å². The maximum atomic E-state index is 5.21. The van der Waals surface area contributed by atoms with Crippen molar-refractivity contribution in [2.45, 2.75) is 39.8 Å². The molecule has 5 heteroatoms. The van der Waals surface area contributed by atoms with E-state index in [-0.39, 0.29) is 0 Å². The first-order chi connectivity index (χ1) is 8.70. The molecule has 0 unspecified atom stereocenters. The molecule has 0 aromatic carbocycles. The van der Waals surface area contributed by atoms with Crippen LogP contribution in [0.25, 0.3) is 11.5 Å². The zero-order valence-electron chi connectivity index (χ0n) is 11.0. The van der Waals surface area contributed by atoms with Crippen LogP contribution in [0.1, 0.15) is 32.2 Å². The summed E-state index contributed by atoms with van der Waals surface area (Å²) in [7, 11) is 0. The Morgan fingerprint density at radius 1 is 1.39 bits per heavy atom. The summed E-state index contributed by atoms with van der Waals surface area (Å²) in [5.74, 6) is 1.15. The fraction of sp³-hybridized carbons (Fsp3) is 0.462. The van der Waals surface area contributed by atoms with E-state index in [1.807, 2.05) is 12.1 Å². The molecule has 0 aliphatic heterocycles. The molecular weight excluding hydrogens is 228 g/mol. The zero-order valence-corrected chi connectivity index (χ0v) is 11.0. The lowest BCUT2D eigenvalue weighted by atomic mass is 10.1. The molecule has 1 N–H and O–H groups in total. The summed E-state index contributed by atoms with van der Waals surface area (Å²) in [5.41, 5.74) is 1.93. The van der Waals surface area contributed by atoms with E-state index in [4.69, 9.17) is 4.52 Å². The van der Waals surface area contributed by atoms with Gasteiger partial charge in [0, 0.05) is 12.2 Å². The van der Waals surface area contributed by atoms with Gasteiger partial charge in [-0.2, -0.15) is 4.98 Å². The number of nitrogens with zero attached hydrogens (tertiary/aromatic N) is 3. The minimum atomic E-state index is 0.390. The van der Waals surface area contributed by atoms with Gasteiger partial charge in [0.25, 0.3) is 0 Å². The Morgan fingerprint density at radius 2 is 2.22 bits per heavy atom. The molecule has 0 atom stereocenters. The topological polar surface area (TPSA) is 63.8 Å². The highest BCUT2D eigenvalue weighted by molar-refractivity contribution is 5.53. The Bertz CT molecular complexity index is 507. The summed E-state index contributed by atoms with van der Waals surface area (Å²) < 4.78 is 5.21. The molecule has 5 nitrogen and oxygen atoms in total. The molecule has 0 radical (unpaired) electrons. The standard InChI is InChI=1S/C13H18N4O/c1-4-10-6-5-7-14-12(10)13-16-11(18-17-13)8-15-9(2)3/h5-7,9,15H,4,8H2,1-3H3. The second-order valence-electron chi connectivity index (χ2n) is 4.41. The lowest BCUT2D eigenvalue weighted by Crippen LogP contribution is -2.21. The van der Waals surface area contributed by atoms with Gasteiger partial charge in [-0.3, -0.25) is 4.98 Å². The van der Waals surface area contributed by atoms with Gasteiger partial charge in [0.05, 0.1) is 6.54 Å². The minimum Gasteiger partial charge on any atom is -0.337 e. The van der Waals surface area contributed by atoms with Gasteiger partial charge in [0.15, 0.2) is 0 Å². The number of aryl methyl sites for hydroxylation is 1. The molecule has 0 aliphatic carbocycles. The molecule has 18 heavy (non-hydrogen) atoms. The number of pyridine rings is 1. The molecule has 96 valence electrons. The molecule has 2 aromatic rings. The molecule has 0 amide bonds. The second-order valence-corrected chi connectivity index (χ2v) is 4.41. The van der Waals surface area contributed by atoms with Crippen molar-refractivity contribution in [2.75, 3.05) is 0 Å². The van der Waals surface area contributed by atoms with Crippen LogP contribution in [0.4, 0.5) is 0 Å². The molecule has 2 heterocycles. The summed E-state index contributed by atoms with van der Waals surface area (Å²) in [6.45, 7) is 6.82. The molecule has 0 fully saturated rings. The Labute approximate surface area is 107 Å². The molecule has 2 aromatic heterocycles. The van der Waals surface area contributed by atoms with E-state index >= 15 is 0 Å². The van der Waals surface area contributed by atoms with Crippen LogP contribution in [0.2, 0.25) is 0 Å². The first-order valence-corrected chi connectivity index (χ1v) is 6.21. The summed E-state index contributed by atoms with van der Waals surface area (Å²) in [6, 6.07) is 4.34. The molecule has 0 saturated heterocycles. The maximum Gasteiger partial charge on any atom is 0.240 e. The van der Waals surface area contributed by atoms with Gasteiger partial charge in [-0.1, -0.05) is 32.0 Å². The number of hydrogen-bond donors (Lipinski definition) is 1. The third-order valence-electron chi connectivity index (χ3n) is 2.61. The van der Waals surface area contributed by atoms with Crippen LogP contribution in [0.15, 0.2) is 22.9 Å². The molecule has 0 bridgehead atoms. The van der Waals surface area contributed by atoms with E-state index in [0.29, 0.717) is 24.3 Å². The van der Waals surface area contributed by atoms with Crippen molar-refractivity contribution in [3.05, 3.63) is 29.8 Å². The minimum absolute atomic E-state index is 0.390. The van der Waals surface area contributed by atoms with Crippen LogP contribution in [-0.4, -0.2) is 21.2 Å². The molecule has 0 saturated carbocycles. The van der Waals surface area contributed by atoms with Gasteiger partial charge in [0.2, 0.25) is 11.7 Å². The Hall–Kier alpha value is -1.75. The van der Waals surface area contributed by atoms with Crippen molar-refractivity contribution in [1.29, 1.82) is 0 Å². The summed E-state index contributed by atoms with van der Waals surface area (Å²) >= 11 is 0. The van der Waals surface area contributed by atoms with Gasteiger partial charge < -0.3 is 9.84 Å². The Kier molecular flexibility index (Phi) is 4.04. The van der Waals surface area contributed by atoms with E-state index in [0.717, 1.165) is 17.7 Å². The second kappa shape index (κ2) is 5.73. The zero-order chi connectivity index (χ0) is 13.0. The van der Waals surface area contributed by atoms with Gasteiger partial charge >= 0.3 is 0 Å². The molecule has 2 rings (SSSR count). The van der Waals surface area contributed by atoms with Crippen LogP contribution >= 0.6 is 0 Å². The van der Waals surface area contributed by atoms with Gasteiger partial charge in [-0.25, -0.2) is 0 Å². The average Bonchev–Trinajstić information content (AvgIpc) is 2.85.